The van der Waals surface area contributed by atoms with Crippen molar-refractivity contribution in [2.24, 2.45) is 0 Å². The predicted molar refractivity (Wildman–Crippen MR) is 119 cm³/mol. The topological polar surface area (TPSA) is 84.0 Å². The summed E-state index contributed by atoms with van der Waals surface area (Å²) < 4.78 is 55.8. The molecule has 0 spiro atoms. The Labute approximate surface area is 183 Å². The van der Waals surface area contributed by atoms with Crippen LogP contribution in [0.3, 0.4) is 0 Å². The first-order valence-electron chi connectivity index (χ1n) is 9.65. The highest BCUT2D eigenvalue weighted by Gasteiger charge is 2.28. The maximum atomic E-state index is 12.9. The fourth-order valence-corrected chi connectivity index (χ4v) is 5.38. The number of ether oxygens (including phenoxy) is 1. The minimum atomic E-state index is -3.61. The lowest BCUT2D eigenvalue weighted by atomic mass is 10.2. The van der Waals surface area contributed by atoms with Crippen molar-refractivity contribution >= 4 is 37.1 Å². The largest absolute Gasteiger partial charge is 0.493 e. The summed E-state index contributed by atoms with van der Waals surface area (Å²) in [6, 6.07) is 13.6. The van der Waals surface area contributed by atoms with E-state index < -0.39 is 19.9 Å². The maximum absolute atomic E-state index is 12.9. The van der Waals surface area contributed by atoms with Crippen molar-refractivity contribution < 1.29 is 21.6 Å². The third-order valence-electron chi connectivity index (χ3n) is 4.98. The lowest BCUT2D eigenvalue weighted by molar-refractivity contribution is 0.340. The third-order valence-corrected chi connectivity index (χ3v) is 8.79. The van der Waals surface area contributed by atoms with Gasteiger partial charge in [-0.1, -0.05) is 24.6 Å². The van der Waals surface area contributed by atoms with E-state index >= 15 is 0 Å². The van der Waals surface area contributed by atoms with Gasteiger partial charge in [0.15, 0.2) is 9.84 Å². The molecule has 0 amide bonds. The molecule has 0 unspecified atom stereocenters. The molecule has 0 aliphatic carbocycles. The first-order valence-corrected chi connectivity index (χ1v) is 13.3. The van der Waals surface area contributed by atoms with Gasteiger partial charge >= 0.3 is 0 Å². The van der Waals surface area contributed by atoms with Crippen LogP contribution in [0, 0.1) is 0 Å². The SMILES string of the molecule is CCS(=O)(=O)CCOc1ccc(S(=O)(=O)N2CCN(c3cccc(Cl)c3)CC2)cc1. The highest BCUT2D eigenvalue weighted by Crippen LogP contribution is 2.24. The highest BCUT2D eigenvalue weighted by atomic mass is 35.5. The van der Waals surface area contributed by atoms with E-state index in [0.29, 0.717) is 37.0 Å². The Morgan fingerprint density at radius 1 is 0.967 bits per heavy atom. The third kappa shape index (κ3) is 5.66. The average Bonchev–Trinajstić information content (AvgIpc) is 2.74. The van der Waals surface area contributed by atoms with E-state index in [1.807, 2.05) is 24.3 Å². The van der Waals surface area contributed by atoms with E-state index in [-0.39, 0.29) is 23.0 Å². The summed E-state index contributed by atoms with van der Waals surface area (Å²) in [4.78, 5) is 2.30. The van der Waals surface area contributed by atoms with Crippen molar-refractivity contribution in [3.05, 3.63) is 53.6 Å². The number of benzene rings is 2. The second-order valence-corrected chi connectivity index (χ2v) is 11.8. The van der Waals surface area contributed by atoms with Crippen LogP contribution in [0.15, 0.2) is 53.4 Å². The summed E-state index contributed by atoms with van der Waals surface area (Å²) >= 11 is 6.05. The number of halogens is 1. The zero-order valence-corrected chi connectivity index (χ0v) is 19.1. The van der Waals surface area contributed by atoms with Crippen LogP contribution in [-0.4, -0.2) is 65.4 Å². The van der Waals surface area contributed by atoms with Crippen molar-refractivity contribution in [2.75, 3.05) is 49.2 Å². The molecule has 0 atom stereocenters. The Balaban J connectivity index is 1.59. The van der Waals surface area contributed by atoms with Gasteiger partial charge in [0.2, 0.25) is 10.0 Å². The van der Waals surface area contributed by atoms with Crippen LogP contribution in [0.4, 0.5) is 5.69 Å². The van der Waals surface area contributed by atoms with E-state index in [2.05, 4.69) is 4.90 Å². The van der Waals surface area contributed by atoms with Gasteiger partial charge in [0, 0.05) is 42.6 Å². The van der Waals surface area contributed by atoms with Gasteiger partial charge in [-0.05, 0) is 42.5 Å². The summed E-state index contributed by atoms with van der Waals surface area (Å²) in [6.07, 6.45) is 0. The second kappa shape index (κ2) is 9.55. The molecule has 0 saturated carbocycles. The monoisotopic (exact) mass is 472 g/mol. The molecular weight excluding hydrogens is 448 g/mol. The van der Waals surface area contributed by atoms with Crippen molar-refractivity contribution in [3.8, 4) is 5.75 Å². The molecule has 3 rings (SSSR count). The highest BCUT2D eigenvalue weighted by molar-refractivity contribution is 7.91. The van der Waals surface area contributed by atoms with Crippen molar-refractivity contribution in [1.29, 1.82) is 0 Å². The average molecular weight is 473 g/mol. The van der Waals surface area contributed by atoms with E-state index in [4.69, 9.17) is 16.3 Å². The molecule has 0 bridgehead atoms. The lowest BCUT2D eigenvalue weighted by Crippen LogP contribution is -2.48. The maximum Gasteiger partial charge on any atom is 0.243 e. The molecule has 164 valence electrons. The van der Waals surface area contributed by atoms with E-state index in [0.717, 1.165) is 5.69 Å². The van der Waals surface area contributed by atoms with Crippen LogP contribution < -0.4 is 9.64 Å². The van der Waals surface area contributed by atoms with Gasteiger partial charge in [-0.25, -0.2) is 16.8 Å². The Kier molecular flexibility index (Phi) is 7.28. The van der Waals surface area contributed by atoms with Crippen LogP contribution in [0.2, 0.25) is 5.02 Å². The van der Waals surface area contributed by atoms with Gasteiger partial charge < -0.3 is 9.64 Å². The number of hydrogen-bond donors (Lipinski definition) is 0. The van der Waals surface area contributed by atoms with Crippen LogP contribution in [0.25, 0.3) is 0 Å². The number of hydrogen-bond acceptors (Lipinski definition) is 6. The van der Waals surface area contributed by atoms with Gasteiger partial charge in [0.25, 0.3) is 0 Å². The van der Waals surface area contributed by atoms with E-state index in [9.17, 15) is 16.8 Å². The molecule has 2 aromatic carbocycles. The minimum Gasteiger partial charge on any atom is -0.493 e. The zero-order valence-electron chi connectivity index (χ0n) is 16.7. The Morgan fingerprint density at radius 2 is 1.63 bits per heavy atom. The molecule has 1 aliphatic rings. The van der Waals surface area contributed by atoms with E-state index in [1.54, 1.807) is 19.1 Å². The standard InChI is InChI=1S/C20H25ClN2O5S2/c1-2-29(24,25)15-14-28-19-6-8-20(9-7-19)30(26,27)23-12-10-22(11-13-23)18-5-3-4-17(21)16-18/h3-9,16H,2,10-15H2,1H3. The normalized spacial score (nSPS) is 15.9. The molecule has 2 aromatic rings. The van der Waals surface area contributed by atoms with E-state index in [1.165, 1.54) is 16.4 Å². The number of anilines is 1. The Hall–Kier alpha value is -1.81. The van der Waals surface area contributed by atoms with Crippen LogP contribution in [0.1, 0.15) is 6.92 Å². The molecule has 10 heteroatoms. The molecule has 1 heterocycles. The summed E-state index contributed by atoms with van der Waals surface area (Å²) in [7, 11) is -6.71. The smallest absolute Gasteiger partial charge is 0.243 e. The van der Waals surface area contributed by atoms with Crippen molar-refractivity contribution in [1.82, 2.24) is 4.31 Å². The van der Waals surface area contributed by atoms with Crippen LogP contribution in [-0.2, 0) is 19.9 Å². The van der Waals surface area contributed by atoms with Crippen LogP contribution >= 0.6 is 11.6 Å². The molecule has 1 fully saturated rings. The van der Waals surface area contributed by atoms with Crippen molar-refractivity contribution in [3.63, 3.8) is 0 Å². The van der Waals surface area contributed by atoms with Crippen LogP contribution in [0.5, 0.6) is 5.75 Å². The molecule has 1 saturated heterocycles. The number of sulfone groups is 1. The molecule has 7 nitrogen and oxygen atoms in total. The molecule has 30 heavy (non-hydrogen) atoms. The van der Waals surface area contributed by atoms with Gasteiger partial charge in [0.1, 0.15) is 12.4 Å². The molecule has 1 aliphatic heterocycles. The zero-order chi connectivity index (χ0) is 21.8. The molecule has 0 aromatic heterocycles. The lowest BCUT2D eigenvalue weighted by Gasteiger charge is -2.35. The summed E-state index contributed by atoms with van der Waals surface area (Å²) in [5, 5.41) is 0.650. The quantitative estimate of drug-likeness (QED) is 0.587. The Morgan fingerprint density at radius 3 is 2.23 bits per heavy atom. The predicted octanol–water partition coefficient (Wildman–Crippen LogP) is 2.66. The summed E-state index contributed by atoms with van der Waals surface area (Å²) in [5.41, 5.74) is 0.978. The van der Waals surface area contributed by atoms with Gasteiger partial charge in [-0.15, -0.1) is 0 Å². The number of piperazine rings is 1. The second-order valence-electron chi connectivity index (χ2n) is 6.93. The van der Waals surface area contributed by atoms with Crippen molar-refractivity contribution in [2.45, 2.75) is 11.8 Å². The van der Waals surface area contributed by atoms with Gasteiger partial charge in [0.05, 0.1) is 10.6 Å². The fourth-order valence-electron chi connectivity index (χ4n) is 3.15. The number of sulfonamides is 1. The van der Waals surface area contributed by atoms with Gasteiger partial charge in [-0.3, -0.25) is 0 Å². The molecule has 0 radical (unpaired) electrons. The summed E-state index contributed by atoms with van der Waals surface area (Å²) in [5.74, 6) is 0.435. The fraction of sp³-hybridized carbons (Fsp3) is 0.400. The number of nitrogens with zero attached hydrogens (tertiary/aromatic N) is 2. The first-order chi connectivity index (χ1) is 14.2. The minimum absolute atomic E-state index is 0.0354. The molecule has 0 N–H and O–H groups in total. The summed E-state index contributed by atoms with van der Waals surface area (Å²) in [6.45, 7) is 3.53. The Bertz CT molecular complexity index is 1060. The molecular formula is C20H25ClN2O5S2. The number of rotatable bonds is 8. The van der Waals surface area contributed by atoms with Gasteiger partial charge in [-0.2, -0.15) is 4.31 Å². The first kappa shape index (κ1) is 22.9.